The molecular formula is C22H24FN3O4S. The van der Waals surface area contributed by atoms with Crippen LogP contribution in [0.1, 0.15) is 24.3 Å². The Morgan fingerprint density at radius 3 is 2.84 bits per heavy atom. The second kappa shape index (κ2) is 8.76. The Bertz CT molecular complexity index is 1180. The monoisotopic (exact) mass is 445 g/mol. The standard InChI is InChI=1S/C22H24FN3O4S/c1-15-6-3-4-8-18(15)22-24-21(30-25-22)12-16-7-5-11-26(14-16)31(27,28)20-13-17(23)9-10-19(20)29-2/h3-4,6,8-10,13,16H,5,7,11-12,14H2,1-2H3. The van der Waals surface area contributed by atoms with Crippen molar-refractivity contribution in [3.8, 4) is 17.1 Å². The molecule has 2 aromatic carbocycles. The van der Waals surface area contributed by atoms with Gasteiger partial charge in [-0.25, -0.2) is 12.8 Å². The van der Waals surface area contributed by atoms with E-state index in [1.165, 1.54) is 23.5 Å². The van der Waals surface area contributed by atoms with Gasteiger partial charge in [-0.05, 0) is 49.4 Å². The Morgan fingerprint density at radius 1 is 1.26 bits per heavy atom. The van der Waals surface area contributed by atoms with Crippen LogP contribution in [-0.2, 0) is 16.4 Å². The third-order valence-corrected chi connectivity index (χ3v) is 7.43. The molecule has 1 aliphatic rings. The van der Waals surface area contributed by atoms with E-state index < -0.39 is 15.8 Å². The fourth-order valence-corrected chi connectivity index (χ4v) is 5.64. The second-order valence-electron chi connectivity index (χ2n) is 7.70. The minimum Gasteiger partial charge on any atom is -0.495 e. The van der Waals surface area contributed by atoms with Gasteiger partial charge >= 0.3 is 0 Å². The number of benzene rings is 2. The molecule has 9 heteroatoms. The number of rotatable bonds is 6. The van der Waals surface area contributed by atoms with Crippen LogP contribution in [0.3, 0.4) is 0 Å². The van der Waals surface area contributed by atoms with Crippen molar-refractivity contribution in [2.24, 2.45) is 5.92 Å². The van der Waals surface area contributed by atoms with E-state index in [1.54, 1.807) is 0 Å². The maximum absolute atomic E-state index is 13.7. The number of aryl methyl sites for hydroxylation is 1. The number of ether oxygens (including phenoxy) is 1. The van der Waals surface area contributed by atoms with Gasteiger partial charge in [-0.1, -0.05) is 29.4 Å². The van der Waals surface area contributed by atoms with Crippen molar-refractivity contribution < 1.29 is 22.1 Å². The van der Waals surface area contributed by atoms with Gasteiger partial charge in [0.05, 0.1) is 7.11 Å². The predicted molar refractivity (Wildman–Crippen MR) is 113 cm³/mol. The van der Waals surface area contributed by atoms with Gasteiger partial charge < -0.3 is 9.26 Å². The highest BCUT2D eigenvalue weighted by atomic mass is 32.2. The maximum Gasteiger partial charge on any atom is 0.246 e. The first-order valence-corrected chi connectivity index (χ1v) is 11.5. The van der Waals surface area contributed by atoms with Gasteiger partial charge in [-0.2, -0.15) is 9.29 Å². The zero-order valence-corrected chi connectivity index (χ0v) is 18.2. The van der Waals surface area contributed by atoms with E-state index in [4.69, 9.17) is 9.26 Å². The molecule has 0 amide bonds. The Balaban J connectivity index is 1.51. The van der Waals surface area contributed by atoms with E-state index in [-0.39, 0.29) is 16.6 Å². The maximum atomic E-state index is 13.7. The average Bonchev–Trinajstić information content (AvgIpc) is 3.22. The molecule has 4 rings (SSSR count). The first-order valence-electron chi connectivity index (χ1n) is 10.1. The minimum absolute atomic E-state index is 0.0215. The summed E-state index contributed by atoms with van der Waals surface area (Å²) in [5.74, 6) is 0.530. The predicted octanol–water partition coefficient (Wildman–Crippen LogP) is 3.84. The topological polar surface area (TPSA) is 85.5 Å². The van der Waals surface area contributed by atoms with E-state index in [1.807, 2.05) is 31.2 Å². The Kier molecular flexibility index (Phi) is 6.06. The summed E-state index contributed by atoms with van der Waals surface area (Å²) >= 11 is 0. The Morgan fingerprint density at radius 2 is 2.06 bits per heavy atom. The van der Waals surface area contributed by atoms with Gasteiger partial charge in [-0.15, -0.1) is 0 Å². The van der Waals surface area contributed by atoms with Crippen molar-refractivity contribution >= 4 is 10.0 Å². The fraction of sp³-hybridized carbons (Fsp3) is 0.364. The molecule has 1 unspecified atom stereocenters. The van der Waals surface area contributed by atoms with Crippen LogP contribution in [0.2, 0.25) is 0 Å². The number of piperidine rings is 1. The lowest BCUT2D eigenvalue weighted by Crippen LogP contribution is -2.40. The number of nitrogens with zero attached hydrogens (tertiary/aromatic N) is 3. The average molecular weight is 446 g/mol. The summed E-state index contributed by atoms with van der Waals surface area (Å²) in [4.78, 5) is 4.35. The molecule has 1 fully saturated rings. The van der Waals surface area contributed by atoms with Crippen LogP contribution < -0.4 is 4.74 Å². The highest BCUT2D eigenvalue weighted by molar-refractivity contribution is 7.89. The highest BCUT2D eigenvalue weighted by Crippen LogP contribution is 2.31. The SMILES string of the molecule is COc1ccc(F)cc1S(=O)(=O)N1CCCC(Cc2nc(-c3ccccc3C)no2)C1. The molecule has 0 N–H and O–H groups in total. The molecular weight excluding hydrogens is 421 g/mol. The molecule has 164 valence electrons. The van der Waals surface area contributed by atoms with Crippen molar-refractivity contribution in [2.45, 2.75) is 31.1 Å². The van der Waals surface area contributed by atoms with Gasteiger partial charge in [0.15, 0.2) is 0 Å². The van der Waals surface area contributed by atoms with Crippen molar-refractivity contribution in [3.63, 3.8) is 0 Å². The molecule has 3 aromatic rings. The summed E-state index contributed by atoms with van der Waals surface area (Å²) in [7, 11) is -2.53. The molecule has 0 aliphatic carbocycles. The molecule has 1 atom stereocenters. The zero-order valence-electron chi connectivity index (χ0n) is 17.4. The van der Waals surface area contributed by atoms with Gasteiger partial charge in [0.1, 0.15) is 16.5 Å². The molecule has 0 radical (unpaired) electrons. The summed E-state index contributed by atoms with van der Waals surface area (Å²) in [5.41, 5.74) is 1.96. The van der Waals surface area contributed by atoms with Gasteiger partial charge in [-0.3, -0.25) is 0 Å². The first kappa shape index (κ1) is 21.5. The lowest BCUT2D eigenvalue weighted by Gasteiger charge is -2.31. The third-order valence-electron chi connectivity index (χ3n) is 5.54. The number of hydrogen-bond acceptors (Lipinski definition) is 6. The molecule has 31 heavy (non-hydrogen) atoms. The molecule has 1 aromatic heterocycles. The van der Waals surface area contributed by atoms with Crippen LogP contribution >= 0.6 is 0 Å². The molecule has 1 aliphatic heterocycles. The van der Waals surface area contributed by atoms with Gasteiger partial charge in [0.25, 0.3) is 0 Å². The summed E-state index contributed by atoms with van der Waals surface area (Å²) in [6.07, 6.45) is 2.01. The van der Waals surface area contributed by atoms with Crippen molar-refractivity contribution in [3.05, 3.63) is 59.7 Å². The Labute approximate surface area is 180 Å². The smallest absolute Gasteiger partial charge is 0.246 e. The quantitative estimate of drug-likeness (QED) is 0.573. The lowest BCUT2D eigenvalue weighted by molar-refractivity contribution is 0.246. The summed E-state index contributed by atoms with van der Waals surface area (Å²) in [5, 5.41) is 4.08. The number of halogens is 1. The summed E-state index contributed by atoms with van der Waals surface area (Å²) in [6.45, 7) is 2.65. The molecule has 2 heterocycles. The van der Waals surface area contributed by atoms with Crippen LogP contribution in [0.15, 0.2) is 51.9 Å². The number of hydrogen-bond donors (Lipinski definition) is 0. The van der Waals surface area contributed by atoms with Crippen LogP contribution in [-0.4, -0.2) is 43.1 Å². The van der Waals surface area contributed by atoms with Crippen molar-refractivity contribution in [1.29, 1.82) is 0 Å². The fourth-order valence-electron chi connectivity index (χ4n) is 3.92. The number of methoxy groups -OCH3 is 1. The summed E-state index contributed by atoms with van der Waals surface area (Å²) in [6, 6.07) is 11.3. The van der Waals surface area contributed by atoms with Gasteiger partial charge in [0.2, 0.25) is 21.7 Å². The van der Waals surface area contributed by atoms with E-state index in [9.17, 15) is 12.8 Å². The summed E-state index contributed by atoms with van der Waals surface area (Å²) < 4.78 is 52.1. The normalized spacial score (nSPS) is 17.6. The third kappa shape index (κ3) is 4.47. The van der Waals surface area contributed by atoms with Crippen LogP contribution in [0.25, 0.3) is 11.4 Å². The van der Waals surface area contributed by atoms with Gasteiger partial charge in [0, 0.05) is 25.1 Å². The second-order valence-corrected chi connectivity index (χ2v) is 9.60. The molecule has 0 spiro atoms. The molecule has 0 bridgehead atoms. The Hall–Kier alpha value is -2.78. The van der Waals surface area contributed by atoms with Crippen molar-refractivity contribution in [2.75, 3.05) is 20.2 Å². The van der Waals surface area contributed by atoms with E-state index in [2.05, 4.69) is 10.1 Å². The number of sulfonamides is 1. The lowest BCUT2D eigenvalue weighted by atomic mass is 9.96. The van der Waals surface area contributed by atoms with Crippen molar-refractivity contribution in [1.82, 2.24) is 14.4 Å². The minimum atomic E-state index is -3.89. The van der Waals surface area contributed by atoms with E-state index >= 15 is 0 Å². The van der Waals surface area contributed by atoms with Crippen LogP contribution in [0.4, 0.5) is 4.39 Å². The molecule has 1 saturated heterocycles. The largest absolute Gasteiger partial charge is 0.495 e. The molecule has 0 saturated carbocycles. The number of aromatic nitrogens is 2. The van der Waals surface area contributed by atoms with E-state index in [0.29, 0.717) is 37.6 Å². The first-order chi connectivity index (χ1) is 14.9. The van der Waals surface area contributed by atoms with Crippen LogP contribution in [0.5, 0.6) is 5.75 Å². The zero-order chi connectivity index (χ0) is 22.0. The van der Waals surface area contributed by atoms with Crippen LogP contribution in [0, 0.1) is 18.7 Å². The molecule has 7 nitrogen and oxygen atoms in total. The van der Waals surface area contributed by atoms with E-state index in [0.717, 1.165) is 23.6 Å². The highest BCUT2D eigenvalue weighted by Gasteiger charge is 2.33.